The summed E-state index contributed by atoms with van der Waals surface area (Å²) in [4.78, 5) is 26.2. The highest BCUT2D eigenvalue weighted by Crippen LogP contribution is 2.22. The van der Waals surface area contributed by atoms with Crippen LogP contribution in [0.1, 0.15) is 43.9 Å². The van der Waals surface area contributed by atoms with Crippen molar-refractivity contribution in [2.75, 3.05) is 13.1 Å². The number of carbonyl (C=O) groups excluding carboxylic acids is 2. The molecule has 1 atom stereocenters. The Hall–Kier alpha value is -1.84. The van der Waals surface area contributed by atoms with E-state index in [0.717, 1.165) is 12.0 Å². The van der Waals surface area contributed by atoms with Crippen LogP contribution < -0.4 is 0 Å². The highest BCUT2D eigenvalue weighted by Gasteiger charge is 2.33. The van der Waals surface area contributed by atoms with Crippen molar-refractivity contribution in [3.63, 3.8) is 0 Å². The number of aryl methyl sites for hydroxylation is 2. The number of rotatable bonds is 3. The highest BCUT2D eigenvalue weighted by molar-refractivity contribution is 5.84. The molecular weight excluding hydrogens is 290 g/mol. The summed E-state index contributed by atoms with van der Waals surface area (Å²) >= 11 is 0. The summed E-state index contributed by atoms with van der Waals surface area (Å²) in [5.74, 6) is 0.129. The SMILES string of the molecule is Cc1cc(C)cc(CC(=O)C2CCN(C(=O)OC(C)(C)C)C2)c1. The van der Waals surface area contributed by atoms with E-state index in [1.807, 2.05) is 34.6 Å². The van der Waals surface area contributed by atoms with E-state index in [2.05, 4.69) is 18.2 Å². The third-order valence-corrected chi connectivity index (χ3v) is 3.96. The van der Waals surface area contributed by atoms with Crippen molar-refractivity contribution in [3.05, 3.63) is 34.9 Å². The maximum atomic E-state index is 12.5. The third-order valence-electron chi connectivity index (χ3n) is 3.96. The molecule has 1 aliphatic rings. The fraction of sp³-hybridized carbons (Fsp3) is 0.579. The number of ether oxygens (including phenoxy) is 1. The van der Waals surface area contributed by atoms with Gasteiger partial charge in [-0.3, -0.25) is 4.79 Å². The summed E-state index contributed by atoms with van der Waals surface area (Å²) in [6, 6.07) is 6.23. The number of hydrogen-bond acceptors (Lipinski definition) is 3. The first-order valence-electron chi connectivity index (χ1n) is 8.22. The molecule has 2 rings (SSSR count). The van der Waals surface area contributed by atoms with Crippen LogP contribution in [-0.4, -0.2) is 35.5 Å². The Morgan fingerprint density at radius 1 is 1.17 bits per heavy atom. The van der Waals surface area contributed by atoms with Crippen molar-refractivity contribution < 1.29 is 14.3 Å². The van der Waals surface area contributed by atoms with E-state index >= 15 is 0 Å². The molecule has 1 fully saturated rings. The maximum absolute atomic E-state index is 12.5. The van der Waals surface area contributed by atoms with Crippen molar-refractivity contribution in [2.45, 2.75) is 53.1 Å². The normalized spacial score (nSPS) is 18.1. The lowest BCUT2D eigenvalue weighted by Gasteiger charge is -2.24. The molecule has 1 unspecified atom stereocenters. The molecule has 1 aromatic carbocycles. The second-order valence-electron chi connectivity index (χ2n) is 7.55. The largest absolute Gasteiger partial charge is 0.444 e. The van der Waals surface area contributed by atoms with Gasteiger partial charge in [-0.05, 0) is 46.6 Å². The van der Waals surface area contributed by atoms with Crippen molar-refractivity contribution in [3.8, 4) is 0 Å². The van der Waals surface area contributed by atoms with Crippen molar-refractivity contribution in [1.82, 2.24) is 4.90 Å². The van der Waals surface area contributed by atoms with E-state index in [-0.39, 0.29) is 17.8 Å². The van der Waals surface area contributed by atoms with E-state index in [1.54, 1.807) is 4.90 Å². The number of Topliss-reactive ketones (excluding diaryl/α,β-unsaturated/α-hetero) is 1. The Kier molecular flexibility index (Phi) is 5.12. The van der Waals surface area contributed by atoms with Crippen LogP contribution in [0, 0.1) is 19.8 Å². The zero-order valence-corrected chi connectivity index (χ0v) is 14.8. The molecule has 0 N–H and O–H groups in total. The molecule has 23 heavy (non-hydrogen) atoms. The molecule has 4 nitrogen and oxygen atoms in total. The fourth-order valence-corrected chi connectivity index (χ4v) is 3.03. The molecule has 1 amide bonds. The van der Waals surface area contributed by atoms with Crippen LogP contribution in [0.3, 0.4) is 0 Å². The molecule has 0 bridgehead atoms. The van der Waals surface area contributed by atoms with Gasteiger partial charge in [-0.15, -0.1) is 0 Å². The fourth-order valence-electron chi connectivity index (χ4n) is 3.03. The number of ketones is 1. The monoisotopic (exact) mass is 317 g/mol. The molecule has 1 heterocycles. The predicted octanol–water partition coefficient (Wildman–Crippen LogP) is 3.67. The van der Waals surface area contributed by atoms with Gasteiger partial charge in [-0.1, -0.05) is 29.3 Å². The highest BCUT2D eigenvalue weighted by atomic mass is 16.6. The summed E-state index contributed by atoms with van der Waals surface area (Å²) in [6.45, 7) is 10.7. The zero-order chi connectivity index (χ0) is 17.2. The van der Waals surface area contributed by atoms with Gasteiger partial charge in [0, 0.05) is 25.4 Å². The quantitative estimate of drug-likeness (QED) is 0.854. The number of hydrogen-bond donors (Lipinski definition) is 0. The molecule has 0 saturated carbocycles. The van der Waals surface area contributed by atoms with Crippen molar-refractivity contribution >= 4 is 11.9 Å². The first kappa shape index (κ1) is 17.5. The lowest BCUT2D eigenvalue weighted by atomic mass is 9.95. The number of benzene rings is 1. The average Bonchev–Trinajstić information content (AvgIpc) is 2.84. The van der Waals surface area contributed by atoms with Crippen molar-refractivity contribution in [2.24, 2.45) is 5.92 Å². The molecule has 4 heteroatoms. The molecule has 0 radical (unpaired) electrons. The minimum atomic E-state index is -0.502. The lowest BCUT2D eigenvalue weighted by molar-refractivity contribution is -0.121. The summed E-state index contributed by atoms with van der Waals surface area (Å²) in [6.07, 6.45) is 0.845. The molecule has 1 aliphatic heterocycles. The molecule has 126 valence electrons. The zero-order valence-electron chi connectivity index (χ0n) is 14.8. The maximum Gasteiger partial charge on any atom is 0.410 e. The predicted molar refractivity (Wildman–Crippen MR) is 90.5 cm³/mol. The summed E-state index contributed by atoms with van der Waals surface area (Å²) in [5.41, 5.74) is 2.91. The Bertz CT molecular complexity index is 581. The van der Waals surface area contributed by atoms with Crippen LogP contribution in [0.15, 0.2) is 18.2 Å². The minimum Gasteiger partial charge on any atom is -0.444 e. The van der Waals surface area contributed by atoms with Crippen LogP contribution >= 0.6 is 0 Å². The average molecular weight is 317 g/mol. The molecule has 0 aromatic heterocycles. The topological polar surface area (TPSA) is 46.6 Å². The Morgan fingerprint density at radius 2 is 1.78 bits per heavy atom. The molecule has 0 spiro atoms. The number of amides is 1. The van der Waals surface area contributed by atoms with Gasteiger partial charge in [-0.2, -0.15) is 0 Å². The smallest absolute Gasteiger partial charge is 0.410 e. The van der Waals surface area contributed by atoms with Gasteiger partial charge in [0.15, 0.2) is 0 Å². The third kappa shape index (κ3) is 5.08. The molecule has 0 aliphatic carbocycles. The lowest BCUT2D eigenvalue weighted by Crippen LogP contribution is -2.36. The van der Waals surface area contributed by atoms with Gasteiger partial charge in [0.25, 0.3) is 0 Å². The van der Waals surface area contributed by atoms with Gasteiger partial charge in [0.2, 0.25) is 0 Å². The van der Waals surface area contributed by atoms with E-state index < -0.39 is 5.60 Å². The van der Waals surface area contributed by atoms with Gasteiger partial charge in [-0.25, -0.2) is 4.79 Å². The molecule has 1 saturated heterocycles. The summed E-state index contributed by atoms with van der Waals surface area (Å²) in [5, 5.41) is 0. The van der Waals surface area contributed by atoms with E-state index in [1.165, 1.54) is 11.1 Å². The first-order chi connectivity index (χ1) is 10.6. The molecule has 1 aromatic rings. The van der Waals surface area contributed by atoms with E-state index in [9.17, 15) is 9.59 Å². The van der Waals surface area contributed by atoms with Crippen molar-refractivity contribution in [1.29, 1.82) is 0 Å². The Balaban J connectivity index is 1.93. The van der Waals surface area contributed by atoms with Crippen LogP contribution in [0.4, 0.5) is 4.79 Å². The number of nitrogens with zero attached hydrogens (tertiary/aromatic N) is 1. The Morgan fingerprint density at radius 3 is 2.35 bits per heavy atom. The summed E-state index contributed by atoms with van der Waals surface area (Å²) in [7, 11) is 0. The second-order valence-corrected chi connectivity index (χ2v) is 7.55. The molecular formula is C19H27NO3. The van der Waals surface area contributed by atoms with Crippen LogP contribution in [-0.2, 0) is 16.0 Å². The second kappa shape index (κ2) is 6.73. The van der Waals surface area contributed by atoms with E-state index in [4.69, 9.17) is 4.74 Å². The number of likely N-dealkylation sites (tertiary alicyclic amines) is 1. The Labute approximate surface area is 138 Å². The van der Waals surface area contributed by atoms with Gasteiger partial charge in [0.05, 0.1) is 0 Å². The van der Waals surface area contributed by atoms with Crippen LogP contribution in [0.2, 0.25) is 0 Å². The van der Waals surface area contributed by atoms with Gasteiger partial charge < -0.3 is 9.64 Å². The minimum absolute atomic E-state index is 0.0802. The number of carbonyl (C=O) groups is 2. The van der Waals surface area contributed by atoms with Gasteiger partial charge >= 0.3 is 6.09 Å². The summed E-state index contributed by atoms with van der Waals surface area (Å²) < 4.78 is 5.38. The first-order valence-corrected chi connectivity index (χ1v) is 8.22. The van der Waals surface area contributed by atoms with Gasteiger partial charge in [0.1, 0.15) is 11.4 Å². The van der Waals surface area contributed by atoms with E-state index in [0.29, 0.717) is 19.5 Å². The van der Waals surface area contributed by atoms with Crippen LogP contribution in [0.5, 0.6) is 0 Å². The van der Waals surface area contributed by atoms with Crippen LogP contribution in [0.25, 0.3) is 0 Å². The standard InChI is InChI=1S/C19H27NO3/c1-13-8-14(2)10-15(9-13)11-17(21)16-6-7-20(12-16)18(22)23-19(3,4)5/h8-10,16H,6-7,11-12H2,1-5H3.